The number of amides is 1. The Morgan fingerprint density at radius 2 is 1.89 bits per heavy atom. The fourth-order valence-electron chi connectivity index (χ4n) is 1.59. The zero-order chi connectivity index (χ0) is 14.6. The summed E-state index contributed by atoms with van der Waals surface area (Å²) >= 11 is 0. The van der Waals surface area contributed by atoms with Gasteiger partial charge in [-0.2, -0.15) is 0 Å². The first kappa shape index (κ1) is 15.1. The van der Waals surface area contributed by atoms with Gasteiger partial charge in [-0.15, -0.1) is 13.2 Å². The van der Waals surface area contributed by atoms with Crippen molar-refractivity contribution < 1.29 is 22.7 Å². The lowest BCUT2D eigenvalue weighted by Crippen LogP contribution is -2.30. The Morgan fingerprint density at radius 3 is 2.32 bits per heavy atom. The molecule has 19 heavy (non-hydrogen) atoms. The smallest absolute Gasteiger partial charge is 0.404 e. The van der Waals surface area contributed by atoms with Gasteiger partial charge in [-0.1, -0.05) is 0 Å². The lowest BCUT2D eigenvalue weighted by molar-refractivity contribution is -0.274. The molecule has 2 N–H and O–H groups in total. The number of anilines is 1. The maximum atomic E-state index is 12.1. The molecular formula is C12H15F3N2O2. The van der Waals surface area contributed by atoms with Crippen LogP contribution in [0.15, 0.2) is 18.2 Å². The molecule has 0 bridgehead atoms. The average Bonchev–Trinajstić information content (AvgIpc) is 2.31. The second-order valence-corrected chi connectivity index (χ2v) is 3.78. The van der Waals surface area contributed by atoms with E-state index in [-0.39, 0.29) is 17.2 Å². The predicted molar refractivity (Wildman–Crippen MR) is 64.8 cm³/mol. The van der Waals surface area contributed by atoms with Gasteiger partial charge in [-0.3, -0.25) is 4.79 Å². The van der Waals surface area contributed by atoms with Crippen LogP contribution in [0.5, 0.6) is 5.75 Å². The summed E-state index contributed by atoms with van der Waals surface area (Å²) in [5.74, 6) is -0.793. The maximum absolute atomic E-state index is 12.1. The average molecular weight is 276 g/mol. The highest BCUT2D eigenvalue weighted by Gasteiger charge is 2.32. The van der Waals surface area contributed by atoms with Crippen molar-refractivity contribution in [3.05, 3.63) is 23.8 Å². The molecule has 0 saturated carbocycles. The first-order valence-electron chi connectivity index (χ1n) is 5.73. The molecule has 0 heterocycles. The van der Waals surface area contributed by atoms with Crippen molar-refractivity contribution in [1.29, 1.82) is 0 Å². The van der Waals surface area contributed by atoms with Crippen molar-refractivity contribution in [2.75, 3.05) is 18.8 Å². The second-order valence-electron chi connectivity index (χ2n) is 3.78. The quantitative estimate of drug-likeness (QED) is 0.860. The molecule has 7 heteroatoms. The van der Waals surface area contributed by atoms with Gasteiger partial charge < -0.3 is 15.4 Å². The number of nitrogen functional groups attached to an aromatic ring is 1. The van der Waals surface area contributed by atoms with E-state index in [4.69, 9.17) is 5.73 Å². The van der Waals surface area contributed by atoms with E-state index >= 15 is 0 Å². The summed E-state index contributed by atoms with van der Waals surface area (Å²) < 4.78 is 39.9. The Kier molecular flexibility index (Phi) is 4.63. The van der Waals surface area contributed by atoms with E-state index in [1.54, 1.807) is 4.90 Å². The fourth-order valence-corrected chi connectivity index (χ4v) is 1.59. The highest BCUT2D eigenvalue weighted by Crippen LogP contribution is 2.29. The lowest BCUT2D eigenvalue weighted by Gasteiger charge is -2.19. The van der Waals surface area contributed by atoms with Crippen molar-refractivity contribution in [3.8, 4) is 5.75 Å². The van der Waals surface area contributed by atoms with E-state index in [0.717, 1.165) is 6.07 Å². The van der Waals surface area contributed by atoms with Gasteiger partial charge in [0.15, 0.2) is 5.75 Å². The Hall–Kier alpha value is -1.92. The molecule has 1 rings (SSSR count). The van der Waals surface area contributed by atoms with E-state index in [0.29, 0.717) is 13.1 Å². The molecule has 4 nitrogen and oxygen atoms in total. The van der Waals surface area contributed by atoms with Crippen LogP contribution in [0.1, 0.15) is 24.2 Å². The van der Waals surface area contributed by atoms with E-state index in [2.05, 4.69) is 4.74 Å². The maximum Gasteiger partial charge on any atom is 0.573 e. The summed E-state index contributed by atoms with van der Waals surface area (Å²) in [6, 6.07) is 3.49. The van der Waals surface area contributed by atoms with Crippen molar-refractivity contribution in [2.24, 2.45) is 0 Å². The highest BCUT2D eigenvalue weighted by atomic mass is 19.4. The van der Waals surface area contributed by atoms with E-state index < -0.39 is 12.1 Å². The van der Waals surface area contributed by atoms with Crippen LogP contribution in [0.3, 0.4) is 0 Å². The number of carbonyl (C=O) groups is 1. The second kappa shape index (κ2) is 5.81. The van der Waals surface area contributed by atoms with Crippen molar-refractivity contribution in [3.63, 3.8) is 0 Å². The summed E-state index contributed by atoms with van der Waals surface area (Å²) in [6.45, 7) is 4.64. The summed E-state index contributed by atoms with van der Waals surface area (Å²) in [7, 11) is 0. The van der Waals surface area contributed by atoms with Crippen LogP contribution in [0, 0.1) is 0 Å². The molecular weight excluding hydrogens is 261 g/mol. The van der Waals surface area contributed by atoms with Crippen molar-refractivity contribution >= 4 is 11.6 Å². The molecule has 1 aromatic carbocycles. The Labute approximate surface area is 108 Å². The van der Waals surface area contributed by atoms with Crippen molar-refractivity contribution in [1.82, 2.24) is 4.90 Å². The molecule has 0 saturated heterocycles. The molecule has 0 fully saturated rings. The lowest BCUT2D eigenvalue weighted by atomic mass is 10.1. The summed E-state index contributed by atoms with van der Waals surface area (Å²) in [4.78, 5) is 13.5. The van der Waals surface area contributed by atoms with E-state index in [1.807, 2.05) is 13.8 Å². The van der Waals surface area contributed by atoms with Gasteiger partial charge >= 0.3 is 6.36 Å². The summed E-state index contributed by atoms with van der Waals surface area (Å²) in [5, 5.41) is 0. The fraction of sp³-hybridized carbons (Fsp3) is 0.417. The summed E-state index contributed by atoms with van der Waals surface area (Å²) in [6.07, 6.45) is -4.81. The Bertz CT molecular complexity index is 457. The monoisotopic (exact) mass is 276 g/mol. The first-order chi connectivity index (χ1) is 8.78. The molecule has 0 aliphatic carbocycles. The van der Waals surface area contributed by atoms with Gasteiger partial charge in [0.05, 0.1) is 5.69 Å². The Morgan fingerprint density at radius 1 is 1.32 bits per heavy atom. The van der Waals surface area contributed by atoms with E-state index in [9.17, 15) is 18.0 Å². The molecule has 0 atom stereocenters. The molecule has 0 unspecified atom stereocenters. The van der Waals surface area contributed by atoms with Gasteiger partial charge in [0.2, 0.25) is 0 Å². The number of hydrogen-bond donors (Lipinski definition) is 1. The molecule has 0 spiro atoms. The predicted octanol–water partition coefficient (Wildman–Crippen LogP) is 2.65. The van der Waals surface area contributed by atoms with Crippen LogP contribution in [0.25, 0.3) is 0 Å². The number of hydrogen-bond acceptors (Lipinski definition) is 3. The number of rotatable bonds is 4. The number of ether oxygens (including phenoxy) is 1. The standard InChI is InChI=1S/C12H15F3N2O2/c1-3-17(4-2)11(18)8-5-6-10(9(16)7-8)19-12(13,14)15/h5-7H,3-4,16H2,1-2H3. The van der Waals surface area contributed by atoms with Gasteiger partial charge in [-0.05, 0) is 32.0 Å². The molecule has 1 amide bonds. The molecule has 106 valence electrons. The van der Waals surface area contributed by atoms with Gasteiger partial charge in [0.25, 0.3) is 5.91 Å². The third-order valence-electron chi connectivity index (χ3n) is 2.53. The minimum absolute atomic E-state index is 0.227. The van der Waals surface area contributed by atoms with E-state index in [1.165, 1.54) is 12.1 Å². The molecule has 0 aromatic heterocycles. The zero-order valence-electron chi connectivity index (χ0n) is 10.6. The number of nitrogens with two attached hydrogens (primary N) is 1. The van der Waals surface area contributed by atoms with Gasteiger partial charge in [-0.25, -0.2) is 0 Å². The summed E-state index contributed by atoms with van der Waals surface area (Å²) in [5.41, 5.74) is 5.46. The van der Waals surface area contributed by atoms with Crippen LogP contribution in [-0.2, 0) is 0 Å². The minimum atomic E-state index is -4.81. The number of nitrogens with zero attached hydrogens (tertiary/aromatic N) is 1. The Balaban J connectivity index is 2.96. The normalized spacial score (nSPS) is 11.2. The van der Waals surface area contributed by atoms with Crippen LogP contribution in [0.2, 0.25) is 0 Å². The van der Waals surface area contributed by atoms with Crippen LogP contribution >= 0.6 is 0 Å². The topological polar surface area (TPSA) is 55.6 Å². The highest BCUT2D eigenvalue weighted by molar-refractivity contribution is 5.95. The molecule has 0 aliphatic rings. The SMILES string of the molecule is CCN(CC)C(=O)c1ccc(OC(F)(F)F)c(N)c1. The van der Waals surface area contributed by atoms with Crippen LogP contribution < -0.4 is 10.5 Å². The third kappa shape index (κ3) is 4.04. The third-order valence-corrected chi connectivity index (χ3v) is 2.53. The largest absolute Gasteiger partial charge is 0.573 e. The molecule has 1 aromatic rings. The molecule has 0 radical (unpaired) electrons. The number of carbonyl (C=O) groups excluding carboxylic acids is 1. The minimum Gasteiger partial charge on any atom is -0.404 e. The number of alkyl halides is 3. The van der Waals surface area contributed by atoms with Crippen LogP contribution in [-0.4, -0.2) is 30.3 Å². The number of benzene rings is 1. The first-order valence-corrected chi connectivity index (χ1v) is 5.73. The van der Waals surface area contributed by atoms with Gasteiger partial charge in [0, 0.05) is 18.7 Å². The molecule has 0 aliphatic heterocycles. The van der Waals surface area contributed by atoms with Crippen LogP contribution in [0.4, 0.5) is 18.9 Å². The number of halogens is 3. The van der Waals surface area contributed by atoms with Crippen molar-refractivity contribution in [2.45, 2.75) is 20.2 Å². The van der Waals surface area contributed by atoms with Gasteiger partial charge in [0.1, 0.15) is 0 Å². The zero-order valence-corrected chi connectivity index (χ0v) is 10.6.